The van der Waals surface area contributed by atoms with E-state index < -0.39 is 23.8 Å². The maximum atomic E-state index is 13.4. The molecule has 25 heavy (non-hydrogen) atoms. The summed E-state index contributed by atoms with van der Waals surface area (Å²) in [6.07, 6.45) is -4.34. The second-order valence-electron chi connectivity index (χ2n) is 6.01. The van der Waals surface area contributed by atoms with E-state index in [2.05, 4.69) is 0 Å². The van der Waals surface area contributed by atoms with Gasteiger partial charge in [-0.15, -0.1) is 0 Å². The van der Waals surface area contributed by atoms with Gasteiger partial charge in [-0.05, 0) is 49.8 Å². The van der Waals surface area contributed by atoms with E-state index in [1.54, 1.807) is 6.92 Å². The number of carboxylic acid groups (broad SMARTS) is 1. The van der Waals surface area contributed by atoms with Gasteiger partial charge >= 0.3 is 18.2 Å². The standard InChI is InChI=1S/C17H20F3NO4/c1-2-25-15(22)13-4-3-12(14(10-13)17(18,19)20)9-11-5-7-21(8-6-11)16(23)24/h3-4,10-11H,2,5-9H2,1H3,(H,23,24). The zero-order valence-electron chi connectivity index (χ0n) is 13.8. The molecule has 5 nitrogen and oxygen atoms in total. The first-order chi connectivity index (χ1) is 11.7. The predicted octanol–water partition coefficient (Wildman–Crippen LogP) is 3.81. The highest BCUT2D eigenvalue weighted by atomic mass is 19.4. The fourth-order valence-electron chi connectivity index (χ4n) is 3.00. The molecule has 1 aliphatic rings. The van der Waals surface area contributed by atoms with Crippen LogP contribution in [0.25, 0.3) is 0 Å². The van der Waals surface area contributed by atoms with Gasteiger partial charge in [0.2, 0.25) is 0 Å². The van der Waals surface area contributed by atoms with Crippen molar-refractivity contribution < 1.29 is 32.6 Å². The van der Waals surface area contributed by atoms with Crippen molar-refractivity contribution in [3.8, 4) is 0 Å². The molecule has 0 unspecified atom stereocenters. The number of hydrogen-bond acceptors (Lipinski definition) is 3. The fraction of sp³-hybridized carbons (Fsp3) is 0.529. The number of halogens is 3. The third-order valence-electron chi connectivity index (χ3n) is 4.32. The summed E-state index contributed by atoms with van der Waals surface area (Å²) in [6, 6.07) is 3.49. The van der Waals surface area contributed by atoms with Crippen molar-refractivity contribution in [1.29, 1.82) is 0 Å². The summed E-state index contributed by atoms with van der Waals surface area (Å²) in [5, 5.41) is 8.92. The van der Waals surface area contributed by atoms with Crippen LogP contribution in [-0.2, 0) is 17.3 Å². The topological polar surface area (TPSA) is 66.8 Å². The van der Waals surface area contributed by atoms with Crippen molar-refractivity contribution in [1.82, 2.24) is 4.90 Å². The molecule has 1 amide bonds. The first-order valence-corrected chi connectivity index (χ1v) is 8.07. The summed E-state index contributed by atoms with van der Waals surface area (Å²) in [4.78, 5) is 23.8. The summed E-state index contributed by atoms with van der Waals surface area (Å²) in [5.74, 6) is -0.806. The third kappa shape index (κ3) is 4.87. The molecule has 1 saturated heterocycles. The lowest BCUT2D eigenvalue weighted by Crippen LogP contribution is -2.38. The molecular weight excluding hydrogens is 339 g/mol. The molecule has 1 aromatic rings. The van der Waals surface area contributed by atoms with Crippen molar-refractivity contribution in [2.24, 2.45) is 5.92 Å². The normalized spacial score (nSPS) is 15.9. The van der Waals surface area contributed by atoms with E-state index in [1.807, 2.05) is 0 Å². The van der Waals surface area contributed by atoms with E-state index in [-0.39, 0.29) is 30.1 Å². The Bertz CT molecular complexity index is 637. The molecule has 0 aromatic heterocycles. The highest BCUT2D eigenvalue weighted by molar-refractivity contribution is 5.89. The molecule has 1 aromatic carbocycles. The Morgan fingerprint density at radius 2 is 1.92 bits per heavy atom. The second-order valence-corrected chi connectivity index (χ2v) is 6.01. The number of carbonyl (C=O) groups is 2. The van der Waals surface area contributed by atoms with Crippen molar-refractivity contribution in [3.05, 3.63) is 34.9 Å². The maximum Gasteiger partial charge on any atom is 0.416 e. The molecule has 0 saturated carbocycles. The molecule has 0 bridgehead atoms. The number of ether oxygens (including phenoxy) is 1. The van der Waals surface area contributed by atoms with E-state index in [1.165, 1.54) is 17.0 Å². The number of amides is 1. The van der Waals surface area contributed by atoms with Gasteiger partial charge in [-0.2, -0.15) is 13.2 Å². The van der Waals surface area contributed by atoms with Crippen molar-refractivity contribution in [2.75, 3.05) is 19.7 Å². The molecule has 0 aliphatic carbocycles. The van der Waals surface area contributed by atoms with E-state index in [0.29, 0.717) is 25.9 Å². The average molecular weight is 359 g/mol. The number of carbonyl (C=O) groups excluding carboxylic acids is 1. The summed E-state index contributed by atoms with van der Waals surface area (Å²) in [5.41, 5.74) is -0.841. The monoisotopic (exact) mass is 359 g/mol. The van der Waals surface area contributed by atoms with E-state index in [4.69, 9.17) is 9.84 Å². The van der Waals surface area contributed by atoms with Crippen LogP contribution in [0.5, 0.6) is 0 Å². The Labute approximate surface area is 143 Å². The summed E-state index contributed by atoms with van der Waals surface area (Å²) in [7, 11) is 0. The lowest BCUT2D eigenvalue weighted by molar-refractivity contribution is -0.138. The molecule has 1 heterocycles. The minimum atomic E-state index is -4.57. The molecule has 8 heteroatoms. The largest absolute Gasteiger partial charge is 0.465 e. The van der Waals surface area contributed by atoms with Gasteiger partial charge in [0.1, 0.15) is 0 Å². The lowest BCUT2D eigenvalue weighted by atomic mass is 9.88. The number of rotatable bonds is 4. The van der Waals surface area contributed by atoms with Crippen LogP contribution < -0.4 is 0 Å². The Balaban J connectivity index is 2.17. The number of hydrogen-bond donors (Lipinski definition) is 1. The zero-order chi connectivity index (χ0) is 18.6. The average Bonchev–Trinajstić information content (AvgIpc) is 2.55. The van der Waals surface area contributed by atoms with Gasteiger partial charge in [0.25, 0.3) is 0 Å². The molecule has 1 N–H and O–H groups in total. The second kappa shape index (κ2) is 7.76. The highest BCUT2D eigenvalue weighted by Crippen LogP contribution is 2.35. The molecule has 0 atom stereocenters. The summed E-state index contributed by atoms with van der Waals surface area (Å²) >= 11 is 0. The minimum Gasteiger partial charge on any atom is -0.465 e. The molecular formula is C17H20F3NO4. The molecule has 1 fully saturated rings. The number of nitrogens with zero attached hydrogens (tertiary/aromatic N) is 1. The number of benzene rings is 1. The van der Waals surface area contributed by atoms with Crippen LogP contribution in [0.2, 0.25) is 0 Å². The lowest BCUT2D eigenvalue weighted by Gasteiger charge is -2.30. The number of alkyl halides is 3. The number of piperidine rings is 1. The molecule has 0 radical (unpaired) electrons. The minimum absolute atomic E-state index is 0.0230. The van der Waals surface area contributed by atoms with Gasteiger partial charge in [0, 0.05) is 13.1 Å². The Morgan fingerprint density at radius 1 is 1.28 bits per heavy atom. The Morgan fingerprint density at radius 3 is 2.44 bits per heavy atom. The van der Waals surface area contributed by atoms with E-state index in [0.717, 1.165) is 6.07 Å². The number of esters is 1. The quantitative estimate of drug-likeness (QED) is 0.830. The zero-order valence-corrected chi connectivity index (χ0v) is 13.8. The van der Waals surface area contributed by atoms with Crippen molar-refractivity contribution >= 4 is 12.1 Å². The van der Waals surface area contributed by atoms with Crippen LogP contribution in [0.1, 0.15) is 41.3 Å². The summed E-state index contributed by atoms with van der Waals surface area (Å²) in [6.45, 7) is 2.31. The third-order valence-corrected chi connectivity index (χ3v) is 4.32. The van der Waals surface area contributed by atoms with Gasteiger partial charge in [-0.25, -0.2) is 9.59 Å². The van der Waals surface area contributed by atoms with Crippen LogP contribution >= 0.6 is 0 Å². The van der Waals surface area contributed by atoms with Gasteiger partial charge in [-0.1, -0.05) is 6.07 Å². The predicted molar refractivity (Wildman–Crippen MR) is 83.4 cm³/mol. The van der Waals surface area contributed by atoms with Crippen LogP contribution in [0.4, 0.5) is 18.0 Å². The molecule has 2 rings (SSSR count). The van der Waals surface area contributed by atoms with Gasteiger partial charge < -0.3 is 14.7 Å². The van der Waals surface area contributed by atoms with Crippen molar-refractivity contribution in [3.63, 3.8) is 0 Å². The fourth-order valence-corrected chi connectivity index (χ4v) is 3.00. The van der Waals surface area contributed by atoms with Crippen LogP contribution in [0.3, 0.4) is 0 Å². The first-order valence-electron chi connectivity index (χ1n) is 8.07. The first kappa shape index (κ1) is 19.1. The molecule has 1 aliphatic heterocycles. The van der Waals surface area contributed by atoms with E-state index in [9.17, 15) is 22.8 Å². The Kier molecular flexibility index (Phi) is 5.92. The van der Waals surface area contributed by atoms with Crippen molar-refractivity contribution in [2.45, 2.75) is 32.4 Å². The maximum absolute atomic E-state index is 13.4. The van der Waals surface area contributed by atoms with E-state index >= 15 is 0 Å². The van der Waals surface area contributed by atoms with Gasteiger partial charge in [-0.3, -0.25) is 0 Å². The van der Waals surface area contributed by atoms with Gasteiger partial charge in [0.15, 0.2) is 0 Å². The van der Waals surface area contributed by atoms with Crippen LogP contribution in [-0.4, -0.2) is 41.8 Å². The highest BCUT2D eigenvalue weighted by Gasteiger charge is 2.35. The molecule has 138 valence electrons. The SMILES string of the molecule is CCOC(=O)c1ccc(CC2CCN(C(=O)O)CC2)c(C(F)(F)F)c1. The smallest absolute Gasteiger partial charge is 0.416 e. The Hall–Kier alpha value is -2.25. The van der Waals surface area contributed by atoms with Crippen LogP contribution in [0.15, 0.2) is 18.2 Å². The van der Waals surface area contributed by atoms with Gasteiger partial charge in [0.05, 0.1) is 17.7 Å². The summed E-state index contributed by atoms with van der Waals surface area (Å²) < 4.78 is 44.8. The molecule has 0 spiro atoms. The van der Waals surface area contributed by atoms with Crippen LogP contribution in [0, 0.1) is 5.92 Å². The number of likely N-dealkylation sites (tertiary alicyclic amines) is 1.